The maximum atomic E-state index is 11.9. The van der Waals surface area contributed by atoms with Crippen LogP contribution in [0.4, 0.5) is 11.4 Å². The highest BCUT2D eigenvalue weighted by molar-refractivity contribution is 5.92. The molecule has 0 unspecified atom stereocenters. The molecule has 4 heteroatoms. The number of anilines is 2. The second-order valence-electron chi connectivity index (χ2n) is 5.23. The number of nitrogens with one attached hydrogen (secondary N) is 1. The van der Waals surface area contributed by atoms with Gasteiger partial charge in [-0.1, -0.05) is 6.92 Å². The molecule has 3 N–H and O–H groups in total. The lowest BCUT2D eigenvalue weighted by Gasteiger charge is -2.20. The Kier molecular flexibility index (Phi) is 4.59. The highest BCUT2D eigenvalue weighted by Gasteiger charge is 2.18. The summed E-state index contributed by atoms with van der Waals surface area (Å²) in [6, 6.07) is 5.14. The number of hydrogen-bond donors (Lipinski definition) is 2. The normalized spacial score (nSPS) is 11.1. The molecule has 4 nitrogen and oxygen atoms in total. The third kappa shape index (κ3) is 4.28. The second kappa shape index (κ2) is 5.76. The Bertz CT molecular complexity index is 422. The van der Waals surface area contributed by atoms with Crippen molar-refractivity contribution >= 4 is 17.3 Å². The van der Waals surface area contributed by atoms with Gasteiger partial charge in [-0.3, -0.25) is 0 Å². The van der Waals surface area contributed by atoms with Gasteiger partial charge >= 0.3 is 5.97 Å². The summed E-state index contributed by atoms with van der Waals surface area (Å²) in [5.41, 5.74) is 7.28. The average molecular weight is 250 g/mol. The van der Waals surface area contributed by atoms with Crippen molar-refractivity contribution in [3.63, 3.8) is 0 Å². The van der Waals surface area contributed by atoms with E-state index < -0.39 is 5.60 Å². The van der Waals surface area contributed by atoms with Gasteiger partial charge in [0.05, 0.1) is 16.9 Å². The van der Waals surface area contributed by atoms with Crippen molar-refractivity contribution in [2.45, 2.75) is 39.7 Å². The monoisotopic (exact) mass is 250 g/mol. The quantitative estimate of drug-likeness (QED) is 0.636. The first-order chi connectivity index (χ1) is 8.33. The van der Waals surface area contributed by atoms with E-state index in [0.29, 0.717) is 11.3 Å². The summed E-state index contributed by atoms with van der Waals surface area (Å²) in [5, 5.41) is 3.19. The predicted molar refractivity (Wildman–Crippen MR) is 74.8 cm³/mol. The van der Waals surface area contributed by atoms with Crippen molar-refractivity contribution < 1.29 is 9.53 Å². The lowest BCUT2D eigenvalue weighted by molar-refractivity contribution is 0.00696. The summed E-state index contributed by atoms with van der Waals surface area (Å²) in [7, 11) is 0. The molecule has 0 fully saturated rings. The van der Waals surface area contributed by atoms with Gasteiger partial charge in [-0.25, -0.2) is 4.79 Å². The van der Waals surface area contributed by atoms with Gasteiger partial charge in [-0.05, 0) is 45.4 Å². The molecule has 0 atom stereocenters. The number of carbonyl (C=O) groups excluding carboxylic acids is 1. The molecule has 1 aromatic carbocycles. The maximum Gasteiger partial charge on any atom is 0.338 e. The minimum atomic E-state index is -0.491. The van der Waals surface area contributed by atoms with Gasteiger partial charge in [-0.2, -0.15) is 0 Å². The molecule has 0 radical (unpaired) electrons. The van der Waals surface area contributed by atoms with E-state index in [1.165, 1.54) is 0 Å². The molecular weight excluding hydrogens is 228 g/mol. The van der Waals surface area contributed by atoms with Crippen molar-refractivity contribution in [2.75, 3.05) is 17.6 Å². The Morgan fingerprint density at radius 1 is 1.39 bits per heavy atom. The van der Waals surface area contributed by atoms with E-state index in [2.05, 4.69) is 12.2 Å². The summed E-state index contributed by atoms with van der Waals surface area (Å²) in [4.78, 5) is 11.9. The highest BCUT2D eigenvalue weighted by atomic mass is 16.6. The van der Waals surface area contributed by atoms with E-state index in [9.17, 15) is 4.79 Å². The zero-order valence-electron chi connectivity index (χ0n) is 11.5. The van der Waals surface area contributed by atoms with E-state index in [0.717, 1.165) is 18.7 Å². The van der Waals surface area contributed by atoms with Crippen LogP contribution < -0.4 is 11.1 Å². The van der Waals surface area contributed by atoms with Gasteiger partial charge < -0.3 is 15.8 Å². The number of hydrogen-bond acceptors (Lipinski definition) is 4. The van der Waals surface area contributed by atoms with E-state index in [1.807, 2.05) is 20.8 Å². The second-order valence-corrected chi connectivity index (χ2v) is 5.23. The van der Waals surface area contributed by atoms with Crippen LogP contribution >= 0.6 is 0 Å². The molecule has 18 heavy (non-hydrogen) atoms. The Labute approximate surface area is 109 Å². The van der Waals surface area contributed by atoms with Crippen LogP contribution in [-0.4, -0.2) is 18.1 Å². The zero-order valence-corrected chi connectivity index (χ0v) is 11.5. The fourth-order valence-electron chi connectivity index (χ4n) is 1.43. The van der Waals surface area contributed by atoms with E-state index >= 15 is 0 Å². The molecule has 0 aliphatic carbocycles. The zero-order chi connectivity index (χ0) is 13.8. The molecule has 0 bridgehead atoms. The average Bonchev–Trinajstić information content (AvgIpc) is 2.25. The third-order valence-electron chi connectivity index (χ3n) is 2.25. The Balaban J connectivity index is 2.87. The fourth-order valence-corrected chi connectivity index (χ4v) is 1.43. The Morgan fingerprint density at radius 2 is 2.06 bits per heavy atom. The number of carbonyl (C=O) groups is 1. The van der Waals surface area contributed by atoms with Crippen LogP contribution in [0.15, 0.2) is 18.2 Å². The summed E-state index contributed by atoms with van der Waals surface area (Å²) >= 11 is 0. The van der Waals surface area contributed by atoms with Crippen LogP contribution in [0.1, 0.15) is 44.5 Å². The van der Waals surface area contributed by atoms with Gasteiger partial charge in [0.1, 0.15) is 5.60 Å². The molecule has 0 saturated carbocycles. The smallest absolute Gasteiger partial charge is 0.338 e. The number of nitrogens with two attached hydrogens (primary N) is 1. The third-order valence-corrected chi connectivity index (χ3v) is 2.25. The van der Waals surface area contributed by atoms with Gasteiger partial charge in [-0.15, -0.1) is 0 Å². The van der Waals surface area contributed by atoms with Crippen molar-refractivity contribution in [1.29, 1.82) is 0 Å². The molecule has 0 spiro atoms. The molecule has 0 heterocycles. The van der Waals surface area contributed by atoms with Crippen LogP contribution in [0.5, 0.6) is 0 Å². The molecular formula is C14H22N2O2. The minimum absolute atomic E-state index is 0.331. The van der Waals surface area contributed by atoms with Crippen LogP contribution in [0.25, 0.3) is 0 Å². The molecule has 0 aliphatic heterocycles. The van der Waals surface area contributed by atoms with Gasteiger partial charge in [0, 0.05) is 6.54 Å². The van der Waals surface area contributed by atoms with Crippen molar-refractivity contribution in [2.24, 2.45) is 0 Å². The van der Waals surface area contributed by atoms with Crippen molar-refractivity contribution in [3.05, 3.63) is 23.8 Å². The van der Waals surface area contributed by atoms with E-state index in [1.54, 1.807) is 18.2 Å². The fraction of sp³-hybridized carbons (Fsp3) is 0.500. The van der Waals surface area contributed by atoms with E-state index in [-0.39, 0.29) is 5.97 Å². The number of benzene rings is 1. The van der Waals surface area contributed by atoms with Crippen molar-refractivity contribution in [3.8, 4) is 0 Å². The van der Waals surface area contributed by atoms with Gasteiger partial charge in [0.25, 0.3) is 0 Å². The maximum absolute atomic E-state index is 11.9. The van der Waals surface area contributed by atoms with Crippen molar-refractivity contribution in [1.82, 2.24) is 0 Å². The first-order valence-electron chi connectivity index (χ1n) is 6.20. The summed E-state index contributed by atoms with van der Waals surface area (Å²) in [5.74, 6) is -0.331. The number of rotatable bonds is 4. The highest BCUT2D eigenvalue weighted by Crippen LogP contribution is 2.21. The molecule has 1 rings (SSSR count). The molecule has 0 aliphatic rings. The lowest BCUT2D eigenvalue weighted by atomic mass is 10.1. The topological polar surface area (TPSA) is 64.3 Å². The number of ether oxygens (including phenoxy) is 1. The number of nitrogen functional groups attached to an aromatic ring is 1. The number of esters is 1. The molecule has 1 aromatic rings. The first kappa shape index (κ1) is 14.4. The molecule has 0 saturated heterocycles. The minimum Gasteiger partial charge on any atom is -0.456 e. The largest absolute Gasteiger partial charge is 0.456 e. The molecule has 100 valence electrons. The van der Waals surface area contributed by atoms with Crippen LogP contribution in [0.3, 0.4) is 0 Å². The van der Waals surface area contributed by atoms with Crippen LogP contribution in [0.2, 0.25) is 0 Å². The predicted octanol–water partition coefficient (Wildman–Crippen LogP) is 3.05. The Morgan fingerprint density at radius 3 is 2.61 bits per heavy atom. The van der Waals surface area contributed by atoms with Crippen LogP contribution in [-0.2, 0) is 4.74 Å². The molecule has 0 aromatic heterocycles. The molecule has 0 amide bonds. The van der Waals surface area contributed by atoms with Gasteiger partial charge in [0.2, 0.25) is 0 Å². The first-order valence-corrected chi connectivity index (χ1v) is 6.20. The van der Waals surface area contributed by atoms with Crippen LogP contribution in [0, 0.1) is 0 Å². The summed E-state index contributed by atoms with van der Waals surface area (Å²) in [6.45, 7) is 8.43. The van der Waals surface area contributed by atoms with E-state index in [4.69, 9.17) is 10.5 Å². The lowest BCUT2D eigenvalue weighted by Crippen LogP contribution is -2.24. The SMILES string of the molecule is CCCNc1cc(C(=O)OC(C)(C)C)ccc1N. The van der Waals surface area contributed by atoms with Gasteiger partial charge in [0.15, 0.2) is 0 Å². The Hall–Kier alpha value is -1.71. The standard InChI is InChI=1S/C14H22N2O2/c1-5-8-16-12-9-10(6-7-11(12)15)13(17)18-14(2,3)4/h6-7,9,16H,5,8,15H2,1-4H3. The summed E-state index contributed by atoms with van der Waals surface area (Å²) < 4.78 is 5.32. The summed E-state index contributed by atoms with van der Waals surface area (Å²) in [6.07, 6.45) is 0.996.